The van der Waals surface area contributed by atoms with E-state index >= 15 is 0 Å². The first-order valence-electron chi connectivity index (χ1n) is 7.40. The third-order valence-electron chi connectivity index (χ3n) is 3.39. The van der Waals surface area contributed by atoms with Crippen LogP contribution in [0, 0.1) is 5.92 Å². The molecular weight excluding hydrogens is 272 g/mol. The Kier molecular flexibility index (Phi) is 4.93. The number of nitrogens with one attached hydrogen (secondary N) is 1. The molecule has 1 aliphatic rings. The van der Waals surface area contributed by atoms with Crippen molar-refractivity contribution in [3.8, 4) is 0 Å². The van der Waals surface area contributed by atoms with Crippen molar-refractivity contribution in [2.24, 2.45) is 5.92 Å². The summed E-state index contributed by atoms with van der Waals surface area (Å²) in [5, 5.41) is 11.0. The number of rotatable bonds is 6. The summed E-state index contributed by atoms with van der Waals surface area (Å²) >= 11 is 0. The summed E-state index contributed by atoms with van der Waals surface area (Å²) in [7, 11) is 0. The van der Waals surface area contributed by atoms with Crippen molar-refractivity contribution in [1.82, 2.24) is 20.3 Å². The molecule has 116 valence electrons. The summed E-state index contributed by atoms with van der Waals surface area (Å²) in [6, 6.07) is 0.0557. The van der Waals surface area contributed by atoms with Crippen molar-refractivity contribution in [3.63, 3.8) is 0 Å². The Morgan fingerprint density at radius 2 is 2.29 bits per heavy atom. The molecule has 0 spiro atoms. The normalized spacial score (nSPS) is 18.1. The number of ether oxygens (including phenoxy) is 1. The van der Waals surface area contributed by atoms with Crippen molar-refractivity contribution in [2.45, 2.75) is 52.6 Å². The van der Waals surface area contributed by atoms with E-state index in [9.17, 15) is 9.59 Å². The molecule has 1 unspecified atom stereocenters. The van der Waals surface area contributed by atoms with E-state index in [1.54, 1.807) is 11.6 Å². The second kappa shape index (κ2) is 6.69. The second-order valence-corrected chi connectivity index (χ2v) is 5.69. The maximum absolute atomic E-state index is 11.9. The van der Waals surface area contributed by atoms with Gasteiger partial charge in [0.05, 0.1) is 18.8 Å². The first kappa shape index (κ1) is 15.5. The molecule has 2 heterocycles. The Morgan fingerprint density at radius 3 is 2.86 bits per heavy atom. The molecule has 1 saturated heterocycles. The van der Waals surface area contributed by atoms with Crippen LogP contribution in [0.2, 0.25) is 0 Å². The molecule has 1 aromatic heterocycles. The molecule has 0 radical (unpaired) electrons. The van der Waals surface area contributed by atoms with Gasteiger partial charge in [0, 0.05) is 12.5 Å². The van der Waals surface area contributed by atoms with Crippen LogP contribution in [-0.2, 0) is 22.5 Å². The van der Waals surface area contributed by atoms with Crippen molar-refractivity contribution in [2.75, 3.05) is 6.61 Å². The van der Waals surface area contributed by atoms with Gasteiger partial charge in [-0.2, -0.15) is 0 Å². The van der Waals surface area contributed by atoms with Gasteiger partial charge in [-0.3, -0.25) is 4.79 Å². The lowest BCUT2D eigenvalue weighted by molar-refractivity contribution is -0.119. The summed E-state index contributed by atoms with van der Waals surface area (Å²) in [6.45, 7) is 6.76. The van der Waals surface area contributed by atoms with Crippen LogP contribution in [0.15, 0.2) is 0 Å². The van der Waals surface area contributed by atoms with Gasteiger partial charge in [0.1, 0.15) is 0 Å². The summed E-state index contributed by atoms with van der Waals surface area (Å²) in [4.78, 5) is 23.2. The van der Waals surface area contributed by atoms with Gasteiger partial charge in [0.25, 0.3) is 0 Å². The molecule has 2 rings (SSSR count). The quantitative estimate of drug-likeness (QED) is 0.789. The summed E-state index contributed by atoms with van der Waals surface area (Å²) in [5.74, 6) is -0.000376. The highest BCUT2D eigenvalue weighted by Gasteiger charge is 2.26. The average molecular weight is 294 g/mol. The fraction of sp³-hybridized carbons (Fsp3) is 0.714. The third kappa shape index (κ3) is 3.80. The fourth-order valence-corrected chi connectivity index (χ4v) is 2.45. The molecule has 1 N–H and O–H groups in total. The first-order valence-corrected chi connectivity index (χ1v) is 7.40. The predicted molar refractivity (Wildman–Crippen MR) is 75.7 cm³/mol. The summed E-state index contributed by atoms with van der Waals surface area (Å²) in [5.41, 5.74) is 1.07. The largest absolute Gasteiger partial charge is 0.461 e. The van der Waals surface area contributed by atoms with E-state index in [1.165, 1.54) is 0 Å². The van der Waals surface area contributed by atoms with E-state index < -0.39 is 5.97 Å². The second-order valence-electron chi connectivity index (χ2n) is 5.69. The van der Waals surface area contributed by atoms with Crippen molar-refractivity contribution in [1.29, 1.82) is 0 Å². The van der Waals surface area contributed by atoms with Gasteiger partial charge >= 0.3 is 5.97 Å². The van der Waals surface area contributed by atoms with Gasteiger partial charge in [-0.15, -0.1) is 5.10 Å². The lowest BCUT2D eigenvalue weighted by atomic mass is 10.1. The molecule has 21 heavy (non-hydrogen) atoms. The Balaban J connectivity index is 2.19. The molecule has 1 fully saturated rings. The van der Waals surface area contributed by atoms with Crippen molar-refractivity contribution in [3.05, 3.63) is 11.4 Å². The van der Waals surface area contributed by atoms with Gasteiger partial charge in [0.15, 0.2) is 5.69 Å². The van der Waals surface area contributed by atoms with Crippen LogP contribution in [0.25, 0.3) is 0 Å². The average Bonchev–Trinajstić information content (AvgIpc) is 2.97. The highest BCUT2D eigenvalue weighted by atomic mass is 16.5. The monoisotopic (exact) mass is 294 g/mol. The molecule has 1 amide bonds. The van der Waals surface area contributed by atoms with Gasteiger partial charge in [-0.25, -0.2) is 9.48 Å². The van der Waals surface area contributed by atoms with Gasteiger partial charge in [-0.1, -0.05) is 19.1 Å². The number of nitrogens with zero attached hydrogens (tertiary/aromatic N) is 3. The third-order valence-corrected chi connectivity index (χ3v) is 3.39. The number of hydrogen-bond acceptors (Lipinski definition) is 5. The molecule has 0 bridgehead atoms. The standard InChI is InChI=1S/C14H22N4O3/c1-4-21-14(20)13-11(7-9(2)3)18(17-16-13)8-10-5-6-12(19)15-10/h9-10H,4-8H2,1-3H3,(H,15,19). The van der Waals surface area contributed by atoms with Crippen LogP contribution in [0.3, 0.4) is 0 Å². The van der Waals surface area contributed by atoms with E-state index in [0.717, 1.165) is 12.1 Å². The van der Waals surface area contributed by atoms with Gasteiger partial charge < -0.3 is 10.1 Å². The van der Waals surface area contributed by atoms with Gasteiger partial charge in [-0.05, 0) is 25.7 Å². The molecular formula is C14H22N4O3. The number of amides is 1. The number of hydrogen-bond donors (Lipinski definition) is 1. The van der Waals surface area contributed by atoms with Crippen LogP contribution in [0.4, 0.5) is 0 Å². The Morgan fingerprint density at radius 1 is 1.52 bits per heavy atom. The molecule has 1 atom stereocenters. The van der Waals surface area contributed by atoms with E-state index in [2.05, 4.69) is 29.5 Å². The van der Waals surface area contributed by atoms with Gasteiger partial charge in [0.2, 0.25) is 5.91 Å². The molecule has 7 nitrogen and oxygen atoms in total. The number of esters is 1. The lowest BCUT2D eigenvalue weighted by Gasteiger charge is -2.13. The maximum Gasteiger partial charge on any atom is 0.360 e. The van der Waals surface area contributed by atoms with E-state index in [-0.39, 0.29) is 17.6 Å². The van der Waals surface area contributed by atoms with Crippen LogP contribution in [0.5, 0.6) is 0 Å². The first-order chi connectivity index (χ1) is 10.0. The minimum atomic E-state index is -0.435. The number of carbonyl (C=O) groups is 2. The Hall–Kier alpha value is -1.92. The topological polar surface area (TPSA) is 86.1 Å². The van der Waals surface area contributed by atoms with Crippen LogP contribution in [0.1, 0.15) is 49.8 Å². The summed E-state index contributed by atoms with van der Waals surface area (Å²) < 4.78 is 6.75. The zero-order chi connectivity index (χ0) is 15.4. The summed E-state index contributed by atoms with van der Waals surface area (Å²) in [6.07, 6.45) is 2.03. The lowest BCUT2D eigenvalue weighted by Crippen LogP contribution is -2.31. The van der Waals surface area contributed by atoms with Crippen LogP contribution in [-0.4, -0.2) is 39.5 Å². The van der Waals surface area contributed by atoms with E-state index in [0.29, 0.717) is 31.9 Å². The number of aromatic nitrogens is 3. The molecule has 0 aromatic carbocycles. The highest BCUT2D eigenvalue weighted by molar-refractivity contribution is 5.88. The molecule has 1 aliphatic heterocycles. The minimum Gasteiger partial charge on any atom is -0.461 e. The minimum absolute atomic E-state index is 0.0557. The van der Waals surface area contributed by atoms with Crippen molar-refractivity contribution < 1.29 is 14.3 Å². The predicted octanol–water partition coefficient (Wildman–Crippen LogP) is 0.932. The zero-order valence-corrected chi connectivity index (χ0v) is 12.8. The zero-order valence-electron chi connectivity index (χ0n) is 12.8. The van der Waals surface area contributed by atoms with E-state index in [1.807, 2.05) is 0 Å². The maximum atomic E-state index is 11.9. The van der Waals surface area contributed by atoms with Crippen LogP contribution < -0.4 is 5.32 Å². The van der Waals surface area contributed by atoms with Crippen LogP contribution >= 0.6 is 0 Å². The molecule has 0 saturated carbocycles. The Labute approximate surface area is 124 Å². The smallest absolute Gasteiger partial charge is 0.360 e. The molecule has 7 heteroatoms. The van der Waals surface area contributed by atoms with Crippen molar-refractivity contribution >= 4 is 11.9 Å². The van der Waals surface area contributed by atoms with E-state index in [4.69, 9.17) is 4.74 Å². The molecule has 1 aromatic rings. The number of carbonyl (C=O) groups excluding carboxylic acids is 2. The highest BCUT2D eigenvalue weighted by Crippen LogP contribution is 2.16. The molecule has 0 aliphatic carbocycles. The SMILES string of the molecule is CCOC(=O)c1nnn(CC2CCC(=O)N2)c1CC(C)C. The Bertz CT molecular complexity index is 524. The fourth-order valence-electron chi connectivity index (χ4n) is 2.45.